The molecule has 4 aromatic heterocycles. The number of imidazole rings is 1. The van der Waals surface area contributed by atoms with Gasteiger partial charge in [-0.05, 0) is 36.3 Å². The molecule has 6 rings (SSSR count). The van der Waals surface area contributed by atoms with Crippen LogP contribution in [0, 0.1) is 0 Å². The summed E-state index contributed by atoms with van der Waals surface area (Å²) in [5, 5.41) is 5.70. The molecule has 1 aliphatic rings. The zero-order valence-electron chi connectivity index (χ0n) is 17.4. The highest BCUT2D eigenvalue weighted by molar-refractivity contribution is 7.18. The second-order valence-corrected chi connectivity index (χ2v) is 8.46. The van der Waals surface area contributed by atoms with Crippen molar-refractivity contribution in [3.8, 4) is 28.1 Å². The summed E-state index contributed by atoms with van der Waals surface area (Å²) in [6.45, 7) is 0.328. The summed E-state index contributed by atoms with van der Waals surface area (Å²) < 4.78 is 24.5. The number of aromatic nitrogens is 5. The third kappa shape index (κ3) is 3.42. The van der Waals surface area contributed by atoms with E-state index in [1.165, 1.54) is 11.3 Å². The lowest BCUT2D eigenvalue weighted by molar-refractivity contribution is 0.302. The van der Waals surface area contributed by atoms with Gasteiger partial charge in [-0.25, -0.2) is 19.5 Å². The molecular formula is C22H19N5O4S. The van der Waals surface area contributed by atoms with Crippen LogP contribution in [0.3, 0.4) is 0 Å². The number of methoxy groups -OCH3 is 2. The van der Waals surface area contributed by atoms with Crippen molar-refractivity contribution in [1.82, 2.24) is 24.6 Å². The minimum absolute atomic E-state index is 0.328. The van der Waals surface area contributed by atoms with Crippen LogP contribution in [0.25, 0.3) is 27.4 Å². The third-order valence-electron chi connectivity index (χ3n) is 5.31. The predicted molar refractivity (Wildman–Crippen MR) is 118 cm³/mol. The molecule has 0 unspecified atom stereocenters. The minimum Gasteiger partial charge on any atom is -0.496 e. The van der Waals surface area contributed by atoms with Gasteiger partial charge in [-0.15, -0.1) is 5.10 Å². The molecule has 0 N–H and O–H groups in total. The molecule has 9 nitrogen and oxygen atoms in total. The number of nitrogens with zero attached hydrogens (tertiary/aromatic N) is 5. The number of hydrogen-bond donors (Lipinski definition) is 0. The molecular weight excluding hydrogens is 430 g/mol. The smallest absolute Gasteiger partial charge is 0.294 e. The zero-order valence-corrected chi connectivity index (χ0v) is 18.3. The van der Waals surface area contributed by atoms with Crippen LogP contribution in [0.4, 0.5) is 0 Å². The Morgan fingerprint density at radius 3 is 2.84 bits per heavy atom. The second-order valence-electron chi connectivity index (χ2n) is 7.54. The summed E-state index contributed by atoms with van der Waals surface area (Å²) >= 11 is 1.36. The van der Waals surface area contributed by atoms with Crippen molar-refractivity contribution in [2.45, 2.75) is 25.4 Å². The molecule has 0 bridgehead atoms. The van der Waals surface area contributed by atoms with Crippen molar-refractivity contribution >= 4 is 27.3 Å². The van der Waals surface area contributed by atoms with Gasteiger partial charge < -0.3 is 18.6 Å². The lowest BCUT2D eigenvalue weighted by Crippen LogP contribution is -2.02. The number of fused-ring (bicyclic) bond motifs is 2. The molecule has 32 heavy (non-hydrogen) atoms. The molecule has 0 atom stereocenters. The Labute approximate surface area is 186 Å². The van der Waals surface area contributed by atoms with E-state index in [4.69, 9.17) is 18.6 Å². The molecule has 0 radical (unpaired) electrons. The Bertz CT molecular complexity index is 1400. The monoisotopic (exact) mass is 449 g/mol. The third-order valence-corrected chi connectivity index (χ3v) is 6.19. The number of benzene rings is 1. The average Bonchev–Trinajstić information content (AvgIpc) is 3.28. The molecule has 1 aliphatic carbocycles. The van der Waals surface area contributed by atoms with Crippen molar-refractivity contribution < 1.29 is 18.6 Å². The van der Waals surface area contributed by atoms with Gasteiger partial charge in [0.1, 0.15) is 35.2 Å². The van der Waals surface area contributed by atoms with E-state index in [1.807, 2.05) is 30.5 Å². The zero-order chi connectivity index (χ0) is 21.7. The van der Waals surface area contributed by atoms with Crippen molar-refractivity contribution in [2.75, 3.05) is 14.2 Å². The average molecular weight is 449 g/mol. The van der Waals surface area contributed by atoms with Gasteiger partial charge in [-0.3, -0.25) is 0 Å². The molecule has 1 saturated carbocycles. The maximum atomic E-state index is 6.14. The fraction of sp³-hybridized carbons (Fsp3) is 0.273. The van der Waals surface area contributed by atoms with E-state index in [0.29, 0.717) is 46.3 Å². The Morgan fingerprint density at radius 2 is 2.06 bits per heavy atom. The first-order valence-corrected chi connectivity index (χ1v) is 11.0. The molecule has 10 heteroatoms. The van der Waals surface area contributed by atoms with Gasteiger partial charge in [-0.1, -0.05) is 0 Å². The van der Waals surface area contributed by atoms with Crippen LogP contribution < -0.4 is 14.2 Å². The summed E-state index contributed by atoms with van der Waals surface area (Å²) in [6.07, 6.45) is 5.92. The van der Waals surface area contributed by atoms with Gasteiger partial charge in [-0.2, -0.15) is 0 Å². The van der Waals surface area contributed by atoms with E-state index < -0.39 is 0 Å². The molecule has 1 fully saturated rings. The Hall–Kier alpha value is -3.66. The first kappa shape index (κ1) is 19.1. The van der Waals surface area contributed by atoms with Crippen molar-refractivity contribution in [3.63, 3.8) is 0 Å². The summed E-state index contributed by atoms with van der Waals surface area (Å²) in [5.74, 6) is 3.31. The highest BCUT2D eigenvalue weighted by Gasteiger charge is 2.26. The van der Waals surface area contributed by atoms with E-state index in [1.54, 1.807) is 24.9 Å². The van der Waals surface area contributed by atoms with Gasteiger partial charge >= 0.3 is 0 Å². The molecule has 0 saturated heterocycles. The van der Waals surface area contributed by atoms with Crippen molar-refractivity contribution in [2.24, 2.45) is 0 Å². The number of hydrogen-bond acceptors (Lipinski definition) is 9. The lowest BCUT2D eigenvalue weighted by atomic mass is 10.2. The Kier molecular flexibility index (Phi) is 4.46. The highest BCUT2D eigenvalue weighted by Crippen LogP contribution is 2.39. The van der Waals surface area contributed by atoms with Gasteiger partial charge in [0, 0.05) is 24.2 Å². The van der Waals surface area contributed by atoms with Crippen molar-refractivity contribution in [3.05, 3.63) is 48.2 Å². The van der Waals surface area contributed by atoms with Crippen LogP contribution in [0.5, 0.6) is 16.7 Å². The van der Waals surface area contributed by atoms with E-state index in [0.717, 1.165) is 34.7 Å². The van der Waals surface area contributed by atoms with E-state index in [-0.39, 0.29) is 0 Å². The summed E-state index contributed by atoms with van der Waals surface area (Å²) in [5.41, 5.74) is 2.17. The van der Waals surface area contributed by atoms with Crippen molar-refractivity contribution in [1.29, 1.82) is 0 Å². The van der Waals surface area contributed by atoms with Crippen LogP contribution in [0.1, 0.15) is 30.3 Å². The number of furan rings is 1. The SMILES string of the molecule is COc1cc(OCc2ccnc(C3CC3)n2)c2cc(-c3cn4nc(OC)sc4n3)oc2c1. The Morgan fingerprint density at radius 1 is 1.16 bits per heavy atom. The molecule has 162 valence electrons. The quantitative estimate of drug-likeness (QED) is 0.359. The lowest BCUT2D eigenvalue weighted by Gasteiger charge is -2.09. The predicted octanol–water partition coefficient (Wildman–Crippen LogP) is 4.47. The van der Waals surface area contributed by atoms with Crippen LogP contribution in [-0.4, -0.2) is 38.8 Å². The van der Waals surface area contributed by atoms with Gasteiger partial charge in [0.2, 0.25) is 4.96 Å². The van der Waals surface area contributed by atoms with E-state index in [2.05, 4.69) is 20.1 Å². The van der Waals surface area contributed by atoms with E-state index >= 15 is 0 Å². The van der Waals surface area contributed by atoms with Crippen LogP contribution in [0.2, 0.25) is 0 Å². The Balaban J connectivity index is 1.33. The molecule has 0 spiro atoms. The second kappa shape index (κ2) is 7.49. The molecule has 1 aromatic carbocycles. The number of ether oxygens (including phenoxy) is 3. The molecule has 0 amide bonds. The maximum Gasteiger partial charge on any atom is 0.294 e. The van der Waals surface area contributed by atoms with Crippen LogP contribution >= 0.6 is 11.3 Å². The fourth-order valence-corrected chi connectivity index (χ4v) is 4.21. The van der Waals surface area contributed by atoms with Gasteiger partial charge in [0.15, 0.2) is 5.76 Å². The van der Waals surface area contributed by atoms with Crippen LogP contribution in [-0.2, 0) is 6.61 Å². The maximum absolute atomic E-state index is 6.14. The summed E-state index contributed by atoms with van der Waals surface area (Å²) in [4.78, 5) is 14.3. The van der Waals surface area contributed by atoms with Gasteiger partial charge in [0.25, 0.3) is 5.19 Å². The standard InChI is InChI=1S/C22H19N5O4S/c1-28-14-7-17(30-11-13-5-6-23-20(24-13)12-3-4-12)15-9-19(31-18(15)8-14)16-10-27-21(25-16)32-22(26-27)29-2/h5-10,12H,3-4,11H2,1-2H3. The van der Waals surface area contributed by atoms with E-state index in [9.17, 15) is 0 Å². The normalized spacial score (nSPS) is 13.7. The molecule has 4 heterocycles. The molecule has 0 aliphatic heterocycles. The summed E-state index contributed by atoms with van der Waals surface area (Å²) in [6, 6.07) is 7.48. The van der Waals surface area contributed by atoms with Gasteiger partial charge in [0.05, 0.1) is 31.5 Å². The summed E-state index contributed by atoms with van der Waals surface area (Å²) in [7, 11) is 3.20. The minimum atomic E-state index is 0.328. The fourth-order valence-electron chi connectivity index (χ4n) is 3.51. The first-order valence-electron chi connectivity index (χ1n) is 10.2. The first-order chi connectivity index (χ1) is 15.7. The highest BCUT2D eigenvalue weighted by atomic mass is 32.1. The topological polar surface area (TPSA) is 96.8 Å². The largest absolute Gasteiger partial charge is 0.496 e. The number of rotatable bonds is 7. The molecule has 5 aromatic rings. The van der Waals surface area contributed by atoms with Crippen LogP contribution in [0.15, 0.2) is 41.1 Å².